The molecule has 1 aromatic carbocycles. The summed E-state index contributed by atoms with van der Waals surface area (Å²) in [7, 11) is 0. The van der Waals surface area contributed by atoms with E-state index < -0.39 is 23.2 Å². The third kappa shape index (κ3) is 2.06. The molecule has 2 atom stereocenters. The highest BCUT2D eigenvalue weighted by atomic mass is 19.1. The molecule has 1 heterocycles. The molecule has 0 spiro atoms. The van der Waals surface area contributed by atoms with Crippen molar-refractivity contribution in [1.29, 1.82) is 0 Å². The average Bonchev–Trinajstić information content (AvgIpc) is 2.78. The maximum Gasteiger partial charge on any atom is 0.131 e. The van der Waals surface area contributed by atoms with Gasteiger partial charge in [-0.3, -0.25) is 0 Å². The van der Waals surface area contributed by atoms with Crippen LogP contribution < -0.4 is 5.73 Å². The summed E-state index contributed by atoms with van der Waals surface area (Å²) in [5.74, 6) is -1.51. The summed E-state index contributed by atoms with van der Waals surface area (Å²) in [6.45, 7) is 0.796. The topological polar surface area (TPSA) is 55.5 Å². The van der Waals surface area contributed by atoms with E-state index in [1.165, 1.54) is 6.07 Å². The minimum atomic E-state index is -1.28. The van der Waals surface area contributed by atoms with Crippen LogP contribution in [0.5, 0.6) is 0 Å². The molecule has 3 nitrogen and oxygen atoms in total. The van der Waals surface area contributed by atoms with Gasteiger partial charge in [-0.2, -0.15) is 0 Å². The molecule has 1 saturated heterocycles. The van der Waals surface area contributed by atoms with Crippen molar-refractivity contribution in [2.45, 2.75) is 12.5 Å². The summed E-state index contributed by atoms with van der Waals surface area (Å²) in [6, 6.07) is 3.52. The normalized spacial score (nSPS) is 26.1. The Balaban J connectivity index is 2.39. The number of halogens is 2. The molecule has 94 valence electrons. The van der Waals surface area contributed by atoms with E-state index in [-0.39, 0.29) is 18.7 Å². The van der Waals surface area contributed by atoms with E-state index >= 15 is 0 Å². The van der Waals surface area contributed by atoms with Crippen LogP contribution in [0.4, 0.5) is 8.78 Å². The van der Waals surface area contributed by atoms with Gasteiger partial charge in [0.25, 0.3) is 0 Å². The van der Waals surface area contributed by atoms with Crippen molar-refractivity contribution < 1.29 is 18.6 Å². The Hall–Kier alpha value is -1.04. The molecule has 0 saturated carbocycles. The predicted molar refractivity (Wildman–Crippen MR) is 58.2 cm³/mol. The second-order valence-corrected chi connectivity index (χ2v) is 4.41. The number of ether oxygens (including phenoxy) is 1. The molecule has 0 radical (unpaired) electrons. The Bertz CT molecular complexity index is 385. The number of hydrogen-bond donors (Lipinski definition) is 2. The molecular formula is C12H15F2NO2. The van der Waals surface area contributed by atoms with E-state index in [9.17, 15) is 13.9 Å². The lowest BCUT2D eigenvalue weighted by molar-refractivity contribution is 0.0143. The van der Waals surface area contributed by atoms with Crippen LogP contribution in [0.3, 0.4) is 0 Å². The van der Waals surface area contributed by atoms with Gasteiger partial charge in [0, 0.05) is 18.6 Å². The third-order valence-electron chi connectivity index (χ3n) is 3.39. The quantitative estimate of drug-likeness (QED) is 0.842. The van der Waals surface area contributed by atoms with Crippen molar-refractivity contribution in [3.63, 3.8) is 0 Å². The minimum absolute atomic E-state index is 0.127. The van der Waals surface area contributed by atoms with Crippen molar-refractivity contribution in [1.82, 2.24) is 0 Å². The molecule has 5 heteroatoms. The predicted octanol–water partition coefficient (Wildman–Crippen LogP) is 1.36. The number of aliphatic hydroxyl groups excluding tert-OH is 1. The van der Waals surface area contributed by atoms with Gasteiger partial charge in [0.1, 0.15) is 11.6 Å². The molecule has 3 N–H and O–H groups in total. The first-order valence-corrected chi connectivity index (χ1v) is 5.50. The summed E-state index contributed by atoms with van der Waals surface area (Å²) in [5, 5.41) is 10.2. The lowest BCUT2D eigenvalue weighted by Crippen LogP contribution is -2.38. The van der Waals surface area contributed by atoms with Gasteiger partial charge in [-0.25, -0.2) is 8.78 Å². The zero-order valence-electron chi connectivity index (χ0n) is 9.33. The Morgan fingerprint density at radius 2 is 2.06 bits per heavy atom. The largest absolute Gasteiger partial charge is 0.387 e. The van der Waals surface area contributed by atoms with Crippen LogP contribution in [0.25, 0.3) is 0 Å². The number of hydrogen-bond acceptors (Lipinski definition) is 3. The lowest BCUT2D eigenvalue weighted by atomic mass is 9.78. The number of rotatable bonds is 3. The molecule has 1 aliphatic heterocycles. The molecule has 17 heavy (non-hydrogen) atoms. The first-order valence-electron chi connectivity index (χ1n) is 5.50. The van der Waals surface area contributed by atoms with Gasteiger partial charge in [0.05, 0.1) is 18.3 Å². The van der Waals surface area contributed by atoms with Crippen LogP contribution in [-0.4, -0.2) is 24.9 Å². The van der Waals surface area contributed by atoms with E-state index in [0.29, 0.717) is 13.0 Å². The van der Waals surface area contributed by atoms with Crippen molar-refractivity contribution in [3.8, 4) is 0 Å². The van der Waals surface area contributed by atoms with Crippen molar-refractivity contribution >= 4 is 0 Å². The molecule has 1 fully saturated rings. The summed E-state index contributed by atoms with van der Waals surface area (Å²) >= 11 is 0. The van der Waals surface area contributed by atoms with Crippen molar-refractivity contribution in [2.24, 2.45) is 11.1 Å². The van der Waals surface area contributed by atoms with E-state index in [0.717, 1.165) is 12.1 Å². The average molecular weight is 243 g/mol. The molecule has 0 aromatic heterocycles. The zero-order valence-corrected chi connectivity index (χ0v) is 9.33. The Morgan fingerprint density at radius 1 is 1.41 bits per heavy atom. The Kier molecular flexibility index (Phi) is 3.42. The van der Waals surface area contributed by atoms with E-state index in [4.69, 9.17) is 10.5 Å². The number of nitrogens with two attached hydrogens (primary N) is 1. The monoisotopic (exact) mass is 243 g/mol. The number of benzene rings is 1. The molecule has 0 aliphatic carbocycles. The van der Waals surface area contributed by atoms with E-state index in [2.05, 4.69) is 0 Å². The number of aliphatic hydroxyl groups is 1. The van der Waals surface area contributed by atoms with Crippen LogP contribution in [0.1, 0.15) is 18.1 Å². The fraction of sp³-hybridized carbons (Fsp3) is 0.500. The van der Waals surface area contributed by atoms with Gasteiger partial charge in [-0.1, -0.05) is 6.07 Å². The van der Waals surface area contributed by atoms with Gasteiger partial charge in [-0.05, 0) is 18.6 Å². The molecule has 1 aromatic rings. The summed E-state index contributed by atoms with van der Waals surface area (Å²) in [4.78, 5) is 0. The van der Waals surface area contributed by atoms with Crippen molar-refractivity contribution in [3.05, 3.63) is 35.4 Å². The van der Waals surface area contributed by atoms with Gasteiger partial charge < -0.3 is 15.6 Å². The highest BCUT2D eigenvalue weighted by Crippen LogP contribution is 2.41. The zero-order chi connectivity index (χ0) is 12.5. The maximum absolute atomic E-state index is 13.6. The molecule has 0 amide bonds. The second kappa shape index (κ2) is 4.68. The molecule has 2 rings (SSSR count). The lowest BCUT2D eigenvalue weighted by Gasteiger charge is -2.31. The molecule has 1 aliphatic rings. The summed E-state index contributed by atoms with van der Waals surface area (Å²) in [6.07, 6.45) is -0.783. The minimum Gasteiger partial charge on any atom is -0.387 e. The molecular weight excluding hydrogens is 228 g/mol. The summed E-state index contributed by atoms with van der Waals surface area (Å²) in [5.41, 5.74) is 4.52. The van der Waals surface area contributed by atoms with Gasteiger partial charge >= 0.3 is 0 Å². The molecule has 2 unspecified atom stereocenters. The smallest absolute Gasteiger partial charge is 0.131 e. The first-order chi connectivity index (χ1) is 8.10. The van der Waals surface area contributed by atoms with Gasteiger partial charge in [0.2, 0.25) is 0 Å². The Labute approximate surface area is 98.2 Å². The fourth-order valence-electron chi connectivity index (χ4n) is 2.19. The molecule has 0 bridgehead atoms. The van der Waals surface area contributed by atoms with E-state index in [1.807, 2.05) is 0 Å². The highest BCUT2D eigenvalue weighted by Gasteiger charge is 2.43. The Morgan fingerprint density at radius 3 is 2.53 bits per heavy atom. The third-order valence-corrected chi connectivity index (χ3v) is 3.39. The second-order valence-electron chi connectivity index (χ2n) is 4.41. The van der Waals surface area contributed by atoms with Crippen LogP contribution in [0.2, 0.25) is 0 Å². The van der Waals surface area contributed by atoms with Crippen molar-refractivity contribution in [2.75, 3.05) is 19.8 Å². The van der Waals surface area contributed by atoms with Gasteiger partial charge in [0.15, 0.2) is 0 Å². The van der Waals surface area contributed by atoms with Crippen LogP contribution >= 0.6 is 0 Å². The highest BCUT2D eigenvalue weighted by molar-refractivity contribution is 5.24. The maximum atomic E-state index is 13.6. The standard InChI is InChI=1S/C12H15F2NO2/c13-8-2-1-3-9(14)10(8)11(16)12(6-15)4-5-17-7-12/h1-3,11,16H,4-7,15H2. The van der Waals surface area contributed by atoms with E-state index in [1.54, 1.807) is 0 Å². The fourth-order valence-corrected chi connectivity index (χ4v) is 2.19. The summed E-state index contributed by atoms with van der Waals surface area (Å²) < 4.78 is 32.3. The van der Waals surface area contributed by atoms with Crippen LogP contribution in [0, 0.1) is 17.0 Å². The SMILES string of the molecule is NCC1(C(O)c2c(F)cccc2F)CCOC1. The first kappa shape index (κ1) is 12.4. The van der Waals surface area contributed by atoms with Crippen LogP contribution in [0.15, 0.2) is 18.2 Å². The van der Waals surface area contributed by atoms with Gasteiger partial charge in [-0.15, -0.1) is 0 Å². The van der Waals surface area contributed by atoms with Crippen LogP contribution in [-0.2, 0) is 4.74 Å².